The minimum absolute atomic E-state index is 0.378. The molecule has 21 heavy (non-hydrogen) atoms. The molecule has 1 N–H and O–H groups in total. The topological polar surface area (TPSA) is 24.5 Å². The molecule has 3 nitrogen and oxygen atoms in total. The van der Waals surface area contributed by atoms with Gasteiger partial charge >= 0.3 is 0 Å². The van der Waals surface area contributed by atoms with Crippen LogP contribution in [0.4, 0.5) is 0 Å². The van der Waals surface area contributed by atoms with Gasteiger partial charge in [-0.3, -0.25) is 4.90 Å². The van der Waals surface area contributed by atoms with Crippen molar-refractivity contribution in [3.05, 3.63) is 29.3 Å². The lowest BCUT2D eigenvalue weighted by molar-refractivity contribution is 0.240. The third-order valence-electron chi connectivity index (χ3n) is 4.27. The van der Waals surface area contributed by atoms with Crippen molar-refractivity contribution in [1.29, 1.82) is 0 Å². The van der Waals surface area contributed by atoms with Crippen LogP contribution in [0.2, 0.25) is 0 Å². The van der Waals surface area contributed by atoms with Gasteiger partial charge in [0, 0.05) is 24.2 Å². The Hall–Kier alpha value is -1.06. The van der Waals surface area contributed by atoms with Crippen LogP contribution in [0.5, 0.6) is 5.75 Å². The lowest BCUT2D eigenvalue weighted by Crippen LogP contribution is -2.28. The van der Waals surface area contributed by atoms with Gasteiger partial charge < -0.3 is 10.1 Å². The van der Waals surface area contributed by atoms with Crippen LogP contribution in [0.25, 0.3) is 0 Å². The summed E-state index contributed by atoms with van der Waals surface area (Å²) in [5, 5.41) is 3.55. The van der Waals surface area contributed by atoms with Crippen molar-refractivity contribution in [2.24, 2.45) is 0 Å². The third-order valence-corrected chi connectivity index (χ3v) is 4.27. The second-order valence-electron chi connectivity index (χ2n) is 5.92. The molecule has 2 unspecified atom stereocenters. The van der Waals surface area contributed by atoms with Crippen LogP contribution in [0.3, 0.4) is 0 Å². The lowest BCUT2D eigenvalue weighted by Gasteiger charge is -2.25. The summed E-state index contributed by atoms with van der Waals surface area (Å²) in [5.74, 6) is 0.983. The fourth-order valence-electron chi connectivity index (χ4n) is 2.41. The Morgan fingerprint density at radius 2 is 1.95 bits per heavy atom. The molecule has 1 aromatic rings. The van der Waals surface area contributed by atoms with E-state index in [4.69, 9.17) is 4.74 Å². The molecule has 1 rings (SSSR count). The van der Waals surface area contributed by atoms with Crippen LogP contribution in [0.1, 0.15) is 57.7 Å². The molecular formula is C18H32N2O. The highest BCUT2D eigenvalue weighted by molar-refractivity contribution is 5.38. The van der Waals surface area contributed by atoms with Crippen LogP contribution < -0.4 is 10.1 Å². The van der Waals surface area contributed by atoms with Gasteiger partial charge in [0.25, 0.3) is 0 Å². The molecule has 0 aromatic heterocycles. The average molecular weight is 292 g/mol. The minimum atomic E-state index is 0.378. The van der Waals surface area contributed by atoms with E-state index < -0.39 is 0 Å². The second kappa shape index (κ2) is 9.06. The molecule has 1 aromatic carbocycles. The summed E-state index contributed by atoms with van der Waals surface area (Å²) < 4.78 is 5.53. The van der Waals surface area contributed by atoms with Crippen LogP contribution in [-0.2, 0) is 6.54 Å². The van der Waals surface area contributed by atoms with Gasteiger partial charge in [-0.1, -0.05) is 19.9 Å². The molecule has 0 saturated carbocycles. The number of benzene rings is 1. The summed E-state index contributed by atoms with van der Waals surface area (Å²) >= 11 is 0. The molecule has 0 aliphatic rings. The van der Waals surface area contributed by atoms with Crippen molar-refractivity contribution in [3.63, 3.8) is 0 Å². The van der Waals surface area contributed by atoms with Crippen LogP contribution in [-0.4, -0.2) is 31.6 Å². The molecule has 0 radical (unpaired) electrons. The van der Waals surface area contributed by atoms with Crippen LogP contribution >= 0.6 is 0 Å². The molecule has 0 bridgehead atoms. The number of rotatable bonds is 9. The van der Waals surface area contributed by atoms with E-state index in [1.165, 1.54) is 11.1 Å². The van der Waals surface area contributed by atoms with Crippen molar-refractivity contribution in [2.45, 2.75) is 59.2 Å². The highest BCUT2D eigenvalue weighted by atomic mass is 16.5. The molecule has 0 amide bonds. The Labute approximate surface area is 130 Å². The van der Waals surface area contributed by atoms with Crippen molar-refractivity contribution in [1.82, 2.24) is 10.2 Å². The van der Waals surface area contributed by atoms with Crippen molar-refractivity contribution in [3.8, 4) is 5.75 Å². The predicted octanol–water partition coefficient (Wildman–Crippen LogP) is 3.99. The summed E-state index contributed by atoms with van der Waals surface area (Å²) in [6.07, 6.45) is 2.32. The van der Waals surface area contributed by atoms with Crippen molar-refractivity contribution >= 4 is 0 Å². The standard InChI is InChI=1S/C18H32N2O/c1-7-11-19-15(4)16-9-10-18(21-6)17(12-16)13-20(5)14(3)8-2/h9-10,12,14-15,19H,7-8,11,13H2,1-6H3. The Bertz CT molecular complexity index is 420. The number of nitrogens with zero attached hydrogens (tertiary/aromatic N) is 1. The van der Waals surface area contributed by atoms with Gasteiger partial charge in [0.2, 0.25) is 0 Å². The zero-order valence-corrected chi connectivity index (χ0v) is 14.6. The fourth-order valence-corrected chi connectivity index (χ4v) is 2.41. The Balaban J connectivity index is 2.89. The number of nitrogens with one attached hydrogen (secondary N) is 1. The number of ether oxygens (including phenoxy) is 1. The first-order chi connectivity index (χ1) is 10.0. The normalized spacial score (nSPS) is 14.2. The SMILES string of the molecule is CCCNC(C)c1ccc(OC)c(CN(C)C(C)CC)c1. The Kier molecular flexibility index (Phi) is 7.76. The molecule has 0 spiro atoms. The number of methoxy groups -OCH3 is 1. The zero-order valence-electron chi connectivity index (χ0n) is 14.6. The van der Waals surface area contributed by atoms with E-state index in [1.54, 1.807) is 7.11 Å². The summed E-state index contributed by atoms with van der Waals surface area (Å²) in [5.41, 5.74) is 2.60. The van der Waals surface area contributed by atoms with Gasteiger partial charge in [-0.15, -0.1) is 0 Å². The van der Waals surface area contributed by atoms with Crippen molar-refractivity contribution < 1.29 is 4.74 Å². The quantitative estimate of drug-likeness (QED) is 0.745. The van der Waals surface area contributed by atoms with Crippen LogP contribution in [0, 0.1) is 0 Å². The summed E-state index contributed by atoms with van der Waals surface area (Å²) in [4.78, 5) is 2.38. The van der Waals surface area contributed by atoms with E-state index in [2.05, 4.69) is 63.2 Å². The number of hydrogen-bond donors (Lipinski definition) is 1. The highest BCUT2D eigenvalue weighted by Crippen LogP contribution is 2.25. The van der Waals surface area contributed by atoms with Gasteiger partial charge in [0.15, 0.2) is 0 Å². The summed E-state index contributed by atoms with van der Waals surface area (Å²) in [6.45, 7) is 10.9. The van der Waals surface area contributed by atoms with Gasteiger partial charge in [0.05, 0.1) is 7.11 Å². The molecule has 0 fully saturated rings. The van der Waals surface area contributed by atoms with E-state index in [0.717, 1.165) is 31.7 Å². The molecule has 0 heterocycles. The molecule has 3 heteroatoms. The van der Waals surface area contributed by atoms with Crippen molar-refractivity contribution in [2.75, 3.05) is 20.7 Å². The lowest BCUT2D eigenvalue weighted by atomic mass is 10.0. The third kappa shape index (κ3) is 5.33. The minimum Gasteiger partial charge on any atom is -0.496 e. The predicted molar refractivity (Wildman–Crippen MR) is 90.9 cm³/mol. The molecule has 0 aliphatic heterocycles. The average Bonchev–Trinajstić information content (AvgIpc) is 2.51. The summed E-state index contributed by atoms with van der Waals surface area (Å²) in [6, 6.07) is 7.50. The maximum absolute atomic E-state index is 5.53. The van der Waals surface area contributed by atoms with Gasteiger partial charge in [0.1, 0.15) is 5.75 Å². The van der Waals surface area contributed by atoms with E-state index in [1.807, 2.05) is 0 Å². The van der Waals surface area contributed by atoms with Gasteiger partial charge in [-0.2, -0.15) is 0 Å². The zero-order chi connectivity index (χ0) is 15.8. The molecule has 0 saturated heterocycles. The molecular weight excluding hydrogens is 260 g/mol. The maximum atomic E-state index is 5.53. The second-order valence-corrected chi connectivity index (χ2v) is 5.92. The Morgan fingerprint density at radius 3 is 2.52 bits per heavy atom. The number of hydrogen-bond acceptors (Lipinski definition) is 3. The largest absolute Gasteiger partial charge is 0.496 e. The van der Waals surface area contributed by atoms with E-state index >= 15 is 0 Å². The smallest absolute Gasteiger partial charge is 0.123 e. The van der Waals surface area contributed by atoms with E-state index in [0.29, 0.717) is 12.1 Å². The maximum Gasteiger partial charge on any atom is 0.123 e. The van der Waals surface area contributed by atoms with Gasteiger partial charge in [-0.25, -0.2) is 0 Å². The monoisotopic (exact) mass is 292 g/mol. The highest BCUT2D eigenvalue weighted by Gasteiger charge is 2.13. The fraction of sp³-hybridized carbons (Fsp3) is 0.667. The van der Waals surface area contributed by atoms with E-state index in [-0.39, 0.29) is 0 Å². The molecule has 0 aliphatic carbocycles. The van der Waals surface area contributed by atoms with E-state index in [9.17, 15) is 0 Å². The first kappa shape index (κ1) is 18.0. The molecule has 120 valence electrons. The summed E-state index contributed by atoms with van der Waals surface area (Å²) in [7, 11) is 3.93. The molecule has 2 atom stereocenters. The first-order valence-electron chi connectivity index (χ1n) is 8.13. The Morgan fingerprint density at radius 1 is 1.24 bits per heavy atom. The van der Waals surface area contributed by atoms with Gasteiger partial charge in [-0.05, 0) is 58.0 Å². The first-order valence-corrected chi connectivity index (χ1v) is 8.13. The van der Waals surface area contributed by atoms with Crippen LogP contribution in [0.15, 0.2) is 18.2 Å².